The van der Waals surface area contributed by atoms with E-state index in [1.807, 2.05) is 9.80 Å². The molecule has 246 valence electrons. The van der Waals surface area contributed by atoms with Gasteiger partial charge in [0.1, 0.15) is 30.4 Å². The summed E-state index contributed by atoms with van der Waals surface area (Å²) in [5, 5.41) is 10.4. The molecule has 10 nitrogen and oxygen atoms in total. The second kappa shape index (κ2) is 12.2. The number of rotatable bonds is 7. The molecule has 4 heterocycles. The number of amides is 1. The number of halogens is 5. The molecule has 0 bridgehead atoms. The number of carbonyl (C=O) groups excluding carboxylic acids is 1. The molecule has 0 saturated carbocycles. The van der Waals surface area contributed by atoms with Crippen molar-refractivity contribution in [2.45, 2.75) is 37.3 Å². The van der Waals surface area contributed by atoms with Crippen LogP contribution in [0, 0.1) is 0 Å². The Labute approximate surface area is 261 Å². The van der Waals surface area contributed by atoms with E-state index in [1.54, 1.807) is 7.05 Å². The molecule has 1 unspecified atom stereocenters. The number of aliphatic hydroxyl groups excluding tert-OH is 1. The number of likely N-dealkylation sites (tertiary alicyclic amines) is 1. The second-order valence-electron chi connectivity index (χ2n) is 11.8. The van der Waals surface area contributed by atoms with Gasteiger partial charge in [-0.15, -0.1) is 0 Å². The number of nitrogen functional groups attached to an aromatic ring is 1. The predicted molar refractivity (Wildman–Crippen MR) is 160 cm³/mol. The average Bonchev–Trinajstić information content (AvgIpc) is 3.60. The largest absolute Gasteiger partial charge is 0.487 e. The van der Waals surface area contributed by atoms with Crippen LogP contribution in [-0.2, 0) is 17.4 Å². The Bertz CT molecular complexity index is 1680. The highest BCUT2D eigenvalue weighted by molar-refractivity contribution is 6.01. The Kier molecular flexibility index (Phi) is 8.40. The lowest BCUT2D eigenvalue weighted by Crippen LogP contribution is -2.49. The number of carbonyl (C=O) groups is 1. The zero-order valence-corrected chi connectivity index (χ0v) is 25.0. The van der Waals surface area contributed by atoms with E-state index in [1.165, 1.54) is 23.1 Å². The van der Waals surface area contributed by atoms with Crippen molar-refractivity contribution >= 4 is 28.3 Å². The fourth-order valence-electron chi connectivity index (χ4n) is 6.37. The quantitative estimate of drug-likeness (QED) is 0.225. The molecule has 3 N–H and O–H groups in total. The molecule has 2 fully saturated rings. The van der Waals surface area contributed by atoms with E-state index in [-0.39, 0.29) is 92.3 Å². The molecular weight excluding hydrogens is 615 g/mol. The molecule has 3 aliphatic rings. The minimum atomic E-state index is -4.70. The van der Waals surface area contributed by atoms with Gasteiger partial charge in [-0.3, -0.25) is 9.69 Å². The first-order valence-electron chi connectivity index (χ1n) is 14.8. The Hall–Kier alpha value is -4.24. The minimum Gasteiger partial charge on any atom is -0.487 e. The topological polar surface area (TPSA) is 117 Å². The third kappa shape index (κ3) is 6.00. The number of hydrogen-bond acceptors (Lipinski definition) is 9. The highest BCUT2D eigenvalue weighted by Gasteiger charge is 2.38. The summed E-state index contributed by atoms with van der Waals surface area (Å²) in [6.07, 6.45) is -6.07. The maximum Gasteiger partial charge on any atom is 0.417 e. The smallest absolute Gasteiger partial charge is 0.417 e. The van der Waals surface area contributed by atoms with Crippen molar-refractivity contribution in [3.8, 4) is 22.9 Å². The number of aliphatic hydroxyl groups is 1. The summed E-state index contributed by atoms with van der Waals surface area (Å²) in [5.74, 6) is -1.34. The number of alkyl halides is 4. The van der Waals surface area contributed by atoms with Gasteiger partial charge in [0.15, 0.2) is 5.83 Å². The fraction of sp³-hybridized carbons (Fsp3) is 0.452. The minimum absolute atomic E-state index is 0.0666. The summed E-state index contributed by atoms with van der Waals surface area (Å²) >= 11 is 0. The monoisotopic (exact) mass is 648 g/mol. The van der Waals surface area contributed by atoms with Crippen LogP contribution in [-0.4, -0.2) is 102 Å². The van der Waals surface area contributed by atoms with Gasteiger partial charge in [0, 0.05) is 56.4 Å². The van der Waals surface area contributed by atoms with Gasteiger partial charge in [0.25, 0.3) is 5.91 Å². The van der Waals surface area contributed by atoms with E-state index in [2.05, 4.69) is 16.5 Å². The van der Waals surface area contributed by atoms with E-state index in [0.29, 0.717) is 16.8 Å². The van der Waals surface area contributed by atoms with Crippen LogP contribution in [0.4, 0.5) is 33.5 Å². The van der Waals surface area contributed by atoms with Gasteiger partial charge in [0.2, 0.25) is 0 Å². The second-order valence-corrected chi connectivity index (χ2v) is 11.8. The van der Waals surface area contributed by atoms with Crippen molar-refractivity contribution < 1.29 is 41.3 Å². The molecule has 46 heavy (non-hydrogen) atoms. The van der Waals surface area contributed by atoms with Crippen molar-refractivity contribution in [1.29, 1.82) is 0 Å². The van der Waals surface area contributed by atoms with E-state index in [4.69, 9.17) is 15.2 Å². The summed E-state index contributed by atoms with van der Waals surface area (Å²) < 4.78 is 82.4. The SMILES string of the molecule is C=C(F)C(=O)N1CCN(c2nc(OC[C@@H]3C[C@@H](F)CN3C)nc3cc(-c4cc(N)ccc4C(F)(F)F)c4c(c23)OC(CO)C4)CC1. The van der Waals surface area contributed by atoms with Crippen molar-refractivity contribution in [2.75, 3.05) is 63.6 Å². The lowest BCUT2D eigenvalue weighted by Gasteiger charge is -2.35. The zero-order valence-electron chi connectivity index (χ0n) is 25.0. The van der Waals surface area contributed by atoms with Crippen LogP contribution in [0.15, 0.2) is 36.7 Å². The fourth-order valence-corrected chi connectivity index (χ4v) is 6.37. The highest BCUT2D eigenvalue weighted by Crippen LogP contribution is 2.48. The van der Waals surface area contributed by atoms with Gasteiger partial charge in [0.05, 0.1) is 23.1 Å². The lowest BCUT2D eigenvalue weighted by atomic mass is 9.91. The Morgan fingerprint density at radius 1 is 1.17 bits per heavy atom. The molecule has 3 aromatic rings. The van der Waals surface area contributed by atoms with Crippen LogP contribution in [0.2, 0.25) is 0 Å². The van der Waals surface area contributed by atoms with Crippen LogP contribution in [0.25, 0.3) is 22.0 Å². The number of anilines is 2. The third-order valence-corrected chi connectivity index (χ3v) is 8.70. The van der Waals surface area contributed by atoms with Crippen LogP contribution in [0.3, 0.4) is 0 Å². The first kappa shape index (κ1) is 31.7. The number of likely N-dealkylation sites (N-methyl/N-ethyl adjacent to an activating group) is 1. The molecule has 0 radical (unpaired) electrons. The third-order valence-electron chi connectivity index (χ3n) is 8.70. The molecule has 0 aliphatic carbocycles. The van der Waals surface area contributed by atoms with Crippen LogP contribution in [0.5, 0.6) is 11.8 Å². The Morgan fingerprint density at radius 2 is 1.91 bits per heavy atom. The standard InChI is InChI=1S/C31H33F5N6O4/c1-16(32)29(44)42-7-5-41(6-8-42)28-26-25(38-30(39-28)45-15-19-9-17(33)13-40(19)2)12-21(23-11-20(14-43)46-27(23)26)22-10-18(37)3-4-24(22)31(34,35)36/h3-4,10,12,17,19-20,43H,1,5-9,11,13-15,37H2,2H3/t17-,19+,20?/m1/s1. The van der Waals surface area contributed by atoms with Crippen molar-refractivity contribution in [1.82, 2.24) is 19.8 Å². The summed E-state index contributed by atoms with van der Waals surface area (Å²) in [7, 11) is 1.78. The Balaban J connectivity index is 1.50. The molecule has 2 aromatic carbocycles. The Morgan fingerprint density at radius 3 is 2.54 bits per heavy atom. The highest BCUT2D eigenvalue weighted by atomic mass is 19.4. The number of nitrogens with zero attached hydrogens (tertiary/aromatic N) is 5. The summed E-state index contributed by atoms with van der Waals surface area (Å²) in [6.45, 7) is 3.76. The number of fused-ring (bicyclic) bond motifs is 3. The first-order valence-corrected chi connectivity index (χ1v) is 14.8. The van der Waals surface area contributed by atoms with Crippen molar-refractivity contribution in [3.05, 3.63) is 47.8 Å². The maximum atomic E-state index is 14.2. The van der Waals surface area contributed by atoms with Gasteiger partial charge in [-0.05, 0) is 48.9 Å². The van der Waals surface area contributed by atoms with Crippen molar-refractivity contribution in [3.63, 3.8) is 0 Å². The van der Waals surface area contributed by atoms with E-state index >= 15 is 0 Å². The molecule has 0 spiro atoms. The van der Waals surface area contributed by atoms with Gasteiger partial charge in [-0.2, -0.15) is 23.1 Å². The summed E-state index contributed by atoms with van der Waals surface area (Å²) in [5.41, 5.74) is 5.82. The normalized spacial score (nSPS) is 21.8. The molecule has 1 aromatic heterocycles. The predicted octanol–water partition coefficient (Wildman–Crippen LogP) is 3.75. The van der Waals surface area contributed by atoms with E-state index < -0.39 is 42.4 Å². The van der Waals surface area contributed by atoms with E-state index in [9.17, 15) is 31.9 Å². The number of benzene rings is 2. The molecule has 3 atom stereocenters. The number of hydrogen-bond donors (Lipinski definition) is 2. The first-order chi connectivity index (χ1) is 21.8. The maximum absolute atomic E-state index is 14.2. The molecule has 15 heteroatoms. The van der Waals surface area contributed by atoms with Gasteiger partial charge in [-0.25, -0.2) is 8.78 Å². The molecule has 3 aliphatic heterocycles. The van der Waals surface area contributed by atoms with Gasteiger partial charge in [-0.1, -0.05) is 6.58 Å². The molecule has 6 rings (SSSR count). The van der Waals surface area contributed by atoms with Crippen molar-refractivity contribution in [2.24, 2.45) is 0 Å². The van der Waals surface area contributed by atoms with Crippen LogP contribution >= 0.6 is 0 Å². The van der Waals surface area contributed by atoms with Gasteiger partial charge >= 0.3 is 12.2 Å². The number of nitrogens with two attached hydrogens (primary N) is 1. The number of ether oxygens (including phenoxy) is 2. The van der Waals surface area contributed by atoms with Crippen LogP contribution in [0.1, 0.15) is 17.5 Å². The van der Waals surface area contributed by atoms with Crippen LogP contribution < -0.4 is 20.1 Å². The lowest BCUT2D eigenvalue weighted by molar-refractivity contribution is -0.137. The average molecular weight is 649 g/mol. The molecule has 2 saturated heterocycles. The summed E-state index contributed by atoms with van der Waals surface area (Å²) in [4.78, 5) is 26.4. The molecular formula is C31H33F5N6O4. The number of aromatic nitrogens is 2. The zero-order chi connectivity index (χ0) is 32.9. The van der Waals surface area contributed by atoms with Gasteiger partial charge < -0.3 is 30.1 Å². The van der Waals surface area contributed by atoms with E-state index in [0.717, 1.165) is 6.07 Å². The molecule has 1 amide bonds. The summed E-state index contributed by atoms with van der Waals surface area (Å²) in [6, 6.07) is 4.52. The number of piperazine rings is 1.